The molecule has 78 valence electrons. The number of ether oxygens (including phenoxy) is 1. The second-order valence-electron chi connectivity index (χ2n) is 2.84. The molecule has 15 heavy (non-hydrogen) atoms. The van der Waals surface area contributed by atoms with Crippen molar-refractivity contribution < 1.29 is 9.15 Å². The van der Waals surface area contributed by atoms with E-state index in [0.29, 0.717) is 11.4 Å². The molecule has 0 unspecified atom stereocenters. The summed E-state index contributed by atoms with van der Waals surface area (Å²) in [5, 5.41) is 3.80. The Kier molecular flexibility index (Phi) is 2.17. The zero-order valence-electron chi connectivity index (χ0n) is 8.01. The fraction of sp³-hybridized carbons (Fsp3) is 0.111. The van der Waals surface area contributed by atoms with Gasteiger partial charge in [0.15, 0.2) is 0 Å². The summed E-state index contributed by atoms with van der Waals surface area (Å²) >= 11 is 0. The van der Waals surface area contributed by atoms with E-state index in [0.717, 1.165) is 4.68 Å². The summed E-state index contributed by atoms with van der Waals surface area (Å²) < 4.78 is 10.5. The lowest BCUT2D eigenvalue weighted by Crippen LogP contribution is -2.13. The molecule has 2 N–H and O–H groups in total. The minimum Gasteiger partial charge on any atom is -0.452 e. The number of hydrogen-bond acceptors (Lipinski definition) is 5. The van der Waals surface area contributed by atoms with Gasteiger partial charge in [0.25, 0.3) is 0 Å². The lowest BCUT2D eigenvalue weighted by Gasteiger charge is -1.97. The molecule has 0 aliphatic rings. The maximum absolute atomic E-state index is 11.3. The number of anilines is 1. The van der Waals surface area contributed by atoms with Crippen LogP contribution in [0, 0.1) is 0 Å². The highest BCUT2D eigenvalue weighted by atomic mass is 16.6. The quantitative estimate of drug-likeness (QED) is 0.721. The lowest BCUT2D eigenvalue weighted by molar-refractivity contribution is 0.282. The third-order valence-corrected chi connectivity index (χ3v) is 1.84. The van der Waals surface area contributed by atoms with Gasteiger partial charge in [-0.2, -0.15) is 4.68 Å². The van der Waals surface area contributed by atoms with Crippen molar-refractivity contribution in [1.29, 1.82) is 0 Å². The minimum atomic E-state index is -0.600. The first kappa shape index (κ1) is 9.32. The number of nitrogen functional groups attached to an aromatic ring is 1. The van der Waals surface area contributed by atoms with Crippen molar-refractivity contribution in [2.75, 3.05) is 12.8 Å². The van der Waals surface area contributed by atoms with Gasteiger partial charge < -0.3 is 14.9 Å². The van der Waals surface area contributed by atoms with Gasteiger partial charge in [-0.1, -0.05) is 5.10 Å². The van der Waals surface area contributed by atoms with E-state index >= 15 is 0 Å². The first-order valence-corrected chi connectivity index (χ1v) is 4.21. The maximum atomic E-state index is 11.3. The van der Waals surface area contributed by atoms with Crippen LogP contribution in [0.15, 0.2) is 33.5 Å². The Morgan fingerprint density at radius 1 is 1.40 bits per heavy atom. The summed E-state index contributed by atoms with van der Waals surface area (Å²) in [5.41, 5.74) is 6.70. The molecular formula is C9H9N3O3. The number of hydrogen-bond donors (Lipinski definition) is 1. The Morgan fingerprint density at radius 2 is 2.07 bits per heavy atom. The Labute approximate surface area is 84.9 Å². The van der Waals surface area contributed by atoms with Crippen LogP contribution in [-0.2, 0) is 0 Å². The molecule has 0 bridgehead atoms. The number of benzene rings is 1. The first-order chi connectivity index (χ1) is 7.20. The molecule has 0 atom stereocenters. The molecule has 2 aromatic rings. The molecule has 0 radical (unpaired) electrons. The van der Waals surface area contributed by atoms with Gasteiger partial charge >= 0.3 is 11.8 Å². The number of nitrogens with zero attached hydrogens (tertiary/aromatic N) is 2. The molecule has 0 aliphatic heterocycles. The van der Waals surface area contributed by atoms with Crippen molar-refractivity contribution in [3.8, 4) is 11.8 Å². The molecule has 6 heteroatoms. The predicted molar refractivity (Wildman–Crippen MR) is 53.1 cm³/mol. The summed E-state index contributed by atoms with van der Waals surface area (Å²) in [4.78, 5) is 11.3. The summed E-state index contributed by atoms with van der Waals surface area (Å²) in [6.45, 7) is 0. The maximum Gasteiger partial charge on any atom is 0.444 e. The van der Waals surface area contributed by atoms with E-state index in [9.17, 15) is 4.79 Å². The van der Waals surface area contributed by atoms with Crippen LogP contribution in [0.3, 0.4) is 0 Å². The van der Waals surface area contributed by atoms with Crippen molar-refractivity contribution in [1.82, 2.24) is 9.78 Å². The fourth-order valence-electron chi connectivity index (χ4n) is 1.12. The van der Waals surface area contributed by atoms with Crippen LogP contribution in [-0.4, -0.2) is 16.9 Å². The smallest absolute Gasteiger partial charge is 0.444 e. The zero-order valence-corrected chi connectivity index (χ0v) is 8.01. The summed E-state index contributed by atoms with van der Waals surface area (Å²) in [6.07, 6.45) is -0.0724. The molecule has 0 fully saturated rings. The zero-order chi connectivity index (χ0) is 10.8. The third kappa shape index (κ3) is 1.69. The molecule has 1 aromatic carbocycles. The van der Waals surface area contributed by atoms with Crippen LogP contribution in [0.1, 0.15) is 0 Å². The van der Waals surface area contributed by atoms with Crippen molar-refractivity contribution in [2.24, 2.45) is 0 Å². The Morgan fingerprint density at radius 3 is 2.60 bits per heavy atom. The third-order valence-electron chi connectivity index (χ3n) is 1.84. The van der Waals surface area contributed by atoms with E-state index in [1.54, 1.807) is 24.3 Å². The van der Waals surface area contributed by atoms with E-state index in [-0.39, 0.29) is 6.08 Å². The van der Waals surface area contributed by atoms with Crippen LogP contribution in [0.2, 0.25) is 0 Å². The van der Waals surface area contributed by atoms with Gasteiger partial charge in [-0.15, -0.1) is 0 Å². The van der Waals surface area contributed by atoms with Gasteiger partial charge in [-0.25, -0.2) is 4.79 Å². The van der Waals surface area contributed by atoms with E-state index in [4.69, 9.17) is 14.9 Å². The van der Waals surface area contributed by atoms with Gasteiger partial charge in [-0.3, -0.25) is 0 Å². The average Bonchev–Trinajstić information content (AvgIpc) is 2.61. The largest absolute Gasteiger partial charge is 0.452 e. The molecule has 0 saturated heterocycles. The van der Waals surface area contributed by atoms with Crippen LogP contribution >= 0.6 is 0 Å². The Bertz CT molecular complexity index is 512. The molecular weight excluding hydrogens is 198 g/mol. The molecule has 0 saturated carbocycles. The first-order valence-electron chi connectivity index (χ1n) is 4.21. The van der Waals surface area contributed by atoms with E-state index in [2.05, 4.69) is 5.10 Å². The van der Waals surface area contributed by atoms with Crippen LogP contribution in [0.4, 0.5) is 5.69 Å². The topological polar surface area (TPSA) is 83.3 Å². The van der Waals surface area contributed by atoms with Gasteiger partial charge in [0, 0.05) is 5.69 Å². The number of nitrogens with two attached hydrogens (primary N) is 1. The molecule has 1 heterocycles. The number of aromatic nitrogens is 2. The normalized spacial score (nSPS) is 10.2. The van der Waals surface area contributed by atoms with Gasteiger partial charge in [0.05, 0.1) is 12.8 Å². The van der Waals surface area contributed by atoms with Gasteiger partial charge in [-0.05, 0) is 24.3 Å². The number of methoxy groups -OCH3 is 1. The van der Waals surface area contributed by atoms with Crippen LogP contribution in [0.25, 0.3) is 5.69 Å². The van der Waals surface area contributed by atoms with Crippen molar-refractivity contribution in [2.45, 2.75) is 0 Å². The standard InChI is InChI=1S/C9H9N3O3/c1-14-8-11-12(9(13)15-8)7-4-2-6(10)3-5-7/h2-5H,10H2,1H3. The lowest BCUT2D eigenvalue weighted by atomic mass is 10.3. The number of rotatable bonds is 2. The molecule has 1 aromatic heterocycles. The second kappa shape index (κ2) is 3.49. The molecule has 0 amide bonds. The molecule has 0 spiro atoms. The predicted octanol–water partition coefficient (Wildman–Crippen LogP) is 0.416. The second-order valence-corrected chi connectivity index (χ2v) is 2.84. The Balaban J connectivity index is 2.49. The van der Waals surface area contributed by atoms with E-state index < -0.39 is 5.76 Å². The highest BCUT2D eigenvalue weighted by molar-refractivity contribution is 5.44. The summed E-state index contributed by atoms with van der Waals surface area (Å²) in [5.74, 6) is -0.600. The van der Waals surface area contributed by atoms with Crippen LogP contribution < -0.4 is 16.2 Å². The molecule has 2 rings (SSSR count). The molecule has 0 aliphatic carbocycles. The SMILES string of the molecule is COc1nn(-c2ccc(N)cc2)c(=O)o1. The summed E-state index contributed by atoms with van der Waals surface area (Å²) in [7, 11) is 1.37. The summed E-state index contributed by atoms with van der Waals surface area (Å²) in [6, 6.07) is 6.67. The van der Waals surface area contributed by atoms with Crippen molar-refractivity contribution in [3.63, 3.8) is 0 Å². The van der Waals surface area contributed by atoms with E-state index in [1.807, 2.05) is 0 Å². The highest BCUT2D eigenvalue weighted by Gasteiger charge is 2.08. The van der Waals surface area contributed by atoms with Gasteiger partial charge in [0.1, 0.15) is 0 Å². The highest BCUT2D eigenvalue weighted by Crippen LogP contribution is 2.10. The van der Waals surface area contributed by atoms with E-state index in [1.165, 1.54) is 7.11 Å². The monoisotopic (exact) mass is 207 g/mol. The van der Waals surface area contributed by atoms with Gasteiger partial charge in [0.2, 0.25) is 0 Å². The Hall–Kier alpha value is -2.24. The fourth-order valence-corrected chi connectivity index (χ4v) is 1.12. The van der Waals surface area contributed by atoms with Crippen LogP contribution in [0.5, 0.6) is 6.08 Å². The molecule has 6 nitrogen and oxygen atoms in total. The van der Waals surface area contributed by atoms with Crippen molar-refractivity contribution in [3.05, 3.63) is 34.8 Å². The average molecular weight is 207 g/mol. The minimum absolute atomic E-state index is 0.0724. The van der Waals surface area contributed by atoms with Crippen molar-refractivity contribution >= 4 is 5.69 Å².